The summed E-state index contributed by atoms with van der Waals surface area (Å²) >= 11 is 0. The van der Waals surface area contributed by atoms with Crippen LogP contribution < -0.4 is 4.74 Å². The van der Waals surface area contributed by atoms with Crippen LogP contribution in [-0.4, -0.2) is 23.7 Å². The number of carbonyl (C=O) groups is 2. The molecular weight excluding hydrogens is 170 g/mol. The second-order valence-electron chi connectivity index (χ2n) is 2.82. The van der Waals surface area contributed by atoms with Crippen LogP contribution in [0.3, 0.4) is 0 Å². The maximum atomic E-state index is 11.0. The molecule has 0 atom stereocenters. The van der Waals surface area contributed by atoms with Gasteiger partial charge in [-0.15, -0.1) is 0 Å². The number of fused-ring (bicyclic) bond motifs is 1. The third kappa shape index (κ3) is 1.42. The van der Waals surface area contributed by atoms with Gasteiger partial charge in [-0.25, -0.2) is 4.98 Å². The number of aldehydes is 1. The number of hydrogen-bond donors (Lipinski definition) is 0. The smallest absolute Gasteiger partial charge is 0.218 e. The Balaban J connectivity index is 2.42. The molecule has 0 aliphatic carbocycles. The number of ether oxygens (including phenoxy) is 1. The zero-order valence-corrected chi connectivity index (χ0v) is 6.82. The number of carbonyl (C=O) groups excluding carboxylic acids is 2. The average molecular weight is 177 g/mol. The van der Waals surface area contributed by atoms with Gasteiger partial charge in [0, 0.05) is 12.0 Å². The monoisotopic (exact) mass is 177 g/mol. The van der Waals surface area contributed by atoms with Gasteiger partial charge in [-0.3, -0.25) is 9.59 Å². The van der Waals surface area contributed by atoms with E-state index in [9.17, 15) is 9.59 Å². The maximum Gasteiger partial charge on any atom is 0.218 e. The Bertz CT molecular complexity index is 373. The molecule has 1 aromatic heterocycles. The molecule has 2 heterocycles. The quantitative estimate of drug-likeness (QED) is 0.582. The van der Waals surface area contributed by atoms with Crippen LogP contribution >= 0.6 is 0 Å². The highest BCUT2D eigenvalue weighted by Gasteiger charge is 2.17. The summed E-state index contributed by atoms with van der Waals surface area (Å²) in [6.07, 6.45) is 1.00. The van der Waals surface area contributed by atoms with Crippen LogP contribution in [0.5, 0.6) is 5.88 Å². The standard InChI is InChI=1S/C9H7NO3/c11-4-7-2-1-6-3-8(12)5-13-9(6)10-7/h1-2,4H,3,5H2. The predicted octanol–water partition coefficient (Wildman–Crippen LogP) is 0.398. The van der Waals surface area contributed by atoms with Crippen LogP contribution in [-0.2, 0) is 11.2 Å². The average Bonchev–Trinajstić information content (AvgIpc) is 2.17. The number of Topliss-reactive ketones (excluding diaryl/α,β-unsaturated/α-hetero) is 1. The first-order valence-corrected chi connectivity index (χ1v) is 3.89. The van der Waals surface area contributed by atoms with Crippen LogP contribution in [0.15, 0.2) is 12.1 Å². The molecule has 1 aromatic rings. The maximum absolute atomic E-state index is 11.0. The lowest BCUT2D eigenvalue weighted by atomic mass is 10.1. The topological polar surface area (TPSA) is 56.3 Å². The normalized spacial score (nSPS) is 14.6. The summed E-state index contributed by atoms with van der Waals surface area (Å²) in [5.74, 6) is 0.442. The lowest BCUT2D eigenvalue weighted by molar-refractivity contribution is -0.121. The van der Waals surface area contributed by atoms with Crippen molar-refractivity contribution >= 4 is 12.1 Å². The predicted molar refractivity (Wildman–Crippen MR) is 43.8 cm³/mol. The summed E-state index contributed by atoms with van der Waals surface area (Å²) in [6.45, 7) is 0.0578. The van der Waals surface area contributed by atoms with Gasteiger partial charge in [0.15, 0.2) is 12.1 Å². The van der Waals surface area contributed by atoms with Crippen molar-refractivity contribution in [3.63, 3.8) is 0 Å². The molecule has 0 saturated heterocycles. The molecule has 0 bridgehead atoms. The van der Waals surface area contributed by atoms with E-state index in [1.807, 2.05) is 0 Å². The Hall–Kier alpha value is -1.71. The molecule has 0 unspecified atom stereocenters. The van der Waals surface area contributed by atoms with Gasteiger partial charge in [-0.2, -0.15) is 0 Å². The number of aromatic nitrogens is 1. The molecule has 0 saturated carbocycles. The molecule has 4 nitrogen and oxygen atoms in total. The van der Waals surface area contributed by atoms with E-state index in [0.29, 0.717) is 24.3 Å². The minimum absolute atomic E-state index is 0.0353. The molecule has 1 aliphatic rings. The van der Waals surface area contributed by atoms with Gasteiger partial charge in [-0.1, -0.05) is 6.07 Å². The molecule has 1 aliphatic heterocycles. The Morgan fingerprint density at radius 2 is 2.31 bits per heavy atom. The van der Waals surface area contributed by atoms with Crippen molar-refractivity contribution in [3.8, 4) is 5.88 Å². The Morgan fingerprint density at radius 3 is 3.08 bits per heavy atom. The highest BCUT2D eigenvalue weighted by Crippen LogP contribution is 2.20. The fourth-order valence-electron chi connectivity index (χ4n) is 1.22. The number of nitrogens with zero attached hydrogens (tertiary/aromatic N) is 1. The SMILES string of the molecule is O=Cc1ccc2c(n1)OCC(=O)C2. The van der Waals surface area contributed by atoms with Gasteiger partial charge in [0.25, 0.3) is 0 Å². The van der Waals surface area contributed by atoms with Gasteiger partial charge in [0.05, 0.1) is 0 Å². The first-order valence-electron chi connectivity index (χ1n) is 3.89. The lowest BCUT2D eigenvalue weighted by Crippen LogP contribution is -2.21. The van der Waals surface area contributed by atoms with Gasteiger partial charge >= 0.3 is 0 Å². The molecular formula is C9H7NO3. The minimum atomic E-state index is 0.0353. The Morgan fingerprint density at radius 1 is 1.46 bits per heavy atom. The summed E-state index contributed by atoms with van der Waals surface area (Å²) in [4.78, 5) is 25.3. The molecule has 13 heavy (non-hydrogen) atoms. The highest BCUT2D eigenvalue weighted by atomic mass is 16.5. The fourth-order valence-corrected chi connectivity index (χ4v) is 1.22. The molecule has 0 fully saturated rings. The van der Waals surface area contributed by atoms with E-state index < -0.39 is 0 Å². The Labute approximate surface area is 74.5 Å². The summed E-state index contributed by atoms with van der Waals surface area (Å²) in [6, 6.07) is 3.27. The third-order valence-electron chi connectivity index (χ3n) is 1.84. The van der Waals surface area contributed by atoms with Gasteiger partial charge in [-0.05, 0) is 6.07 Å². The second kappa shape index (κ2) is 2.97. The summed E-state index contributed by atoms with van der Waals surface area (Å²) in [5.41, 5.74) is 1.08. The van der Waals surface area contributed by atoms with Crippen molar-refractivity contribution in [2.24, 2.45) is 0 Å². The first-order chi connectivity index (χ1) is 6.29. The molecule has 0 amide bonds. The van der Waals surface area contributed by atoms with Gasteiger partial charge in [0.1, 0.15) is 12.3 Å². The fraction of sp³-hybridized carbons (Fsp3) is 0.222. The van der Waals surface area contributed by atoms with Crippen LogP contribution in [0.2, 0.25) is 0 Å². The van der Waals surface area contributed by atoms with Crippen molar-refractivity contribution in [3.05, 3.63) is 23.4 Å². The zero-order valence-electron chi connectivity index (χ0n) is 6.82. The molecule has 0 spiro atoms. The summed E-state index contributed by atoms with van der Waals surface area (Å²) < 4.78 is 5.06. The van der Waals surface area contributed by atoms with E-state index in [2.05, 4.69) is 4.98 Å². The van der Waals surface area contributed by atoms with Crippen molar-refractivity contribution < 1.29 is 14.3 Å². The third-order valence-corrected chi connectivity index (χ3v) is 1.84. The number of ketones is 1. The lowest BCUT2D eigenvalue weighted by Gasteiger charge is -2.14. The largest absolute Gasteiger partial charge is 0.469 e. The minimum Gasteiger partial charge on any atom is -0.469 e. The van der Waals surface area contributed by atoms with E-state index in [0.717, 1.165) is 5.56 Å². The van der Waals surface area contributed by atoms with Gasteiger partial charge in [0.2, 0.25) is 5.88 Å². The zero-order chi connectivity index (χ0) is 9.26. The highest BCUT2D eigenvalue weighted by molar-refractivity contribution is 5.84. The van der Waals surface area contributed by atoms with E-state index >= 15 is 0 Å². The summed E-state index contributed by atoms with van der Waals surface area (Å²) in [7, 11) is 0. The summed E-state index contributed by atoms with van der Waals surface area (Å²) in [5, 5.41) is 0. The van der Waals surface area contributed by atoms with Gasteiger partial charge < -0.3 is 4.74 Å². The van der Waals surface area contributed by atoms with Crippen molar-refractivity contribution in [2.75, 3.05) is 6.61 Å². The molecule has 0 aromatic carbocycles. The van der Waals surface area contributed by atoms with E-state index in [4.69, 9.17) is 4.74 Å². The van der Waals surface area contributed by atoms with Crippen LogP contribution in [0.1, 0.15) is 16.1 Å². The molecule has 0 N–H and O–H groups in total. The van der Waals surface area contributed by atoms with Crippen LogP contribution in [0, 0.1) is 0 Å². The molecule has 0 radical (unpaired) electrons. The molecule has 4 heteroatoms. The second-order valence-corrected chi connectivity index (χ2v) is 2.82. The first kappa shape index (κ1) is 7.91. The van der Waals surface area contributed by atoms with E-state index in [1.54, 1.807) is 12.1 Å². The molecule has 2 rings (SSSR count). The van der Waals surface area contributed by atoms with E-state index in [1.165, 1.54) is 0 Å². The van der Waals surface area contributed by atoms with E-state index in [-0.39, 0.29) is 12.4 Å². The number of pyridine rings is 1. The van der Waals surface area contributed by atoms with Crippen molar-refractivity contribution in [1.29, 1.82) is 0 Å². The number of rotatable bonds is 1. The Kier molecular flexibility index (Phi) is 1.81. The number of hydrogen-bond acceptors (Lipinski definition) is 4. The molecule has 66 valence electrons. The van der Waals surface area contributed by atoms with Crippen molar-refractivity contribution in [1.82, 2.24) is 4.98 Å². The van der Waals surface area contributed by atoms with Crippen molar-refractivity contribution in [2.45, 2.75) is 6.42 Å². The van der Waals surface area contributed by atoms with Crippen LogP contribution in [0.4, 0.5) is 0 Å². The van der Waals surface area contributed by atoms with Crippen LogP contribution in [0.25, 0.3) is 0 Å².